The summed E-state index contributed by atoms with van der Waals surface area (Å²) < 4.78 is 27.7. The minimum Gasteiger partial charge on any atom is -0.350 e. The highest BCUT2D eigenvalue weighted by atomic mass is 35.5. The molecule has 5 nitrogen and oxygen atoms in total. The van der Waals surface area contributed by atoms with Crippen LogP contribution in [0.2, 0.25) is 10.0 Å². The monoisotopic (exact) mass is 400 g/mol. The van der Waals surface area contributed by atoms with Crippen LogP contribution >= 0.6 is 23.2 Å². The van der Waals surface area contributed by atoms with E-state index in [2.05, 4.69) is 10.0 Å². The summed E-state index contributed by atoms with van der Waals surface area (Å²) in [6.07, 6.45) is 0. The summed E-state index contributed by atoms with van der Waals surface area (Å²) in [4.78, 5) is 12.2. The molecule has 2 aromatic carbocycles. The molecule has 8 heteroatoms. The summed E-state index contributed by atoms with van der Waals surface area (Å²) in [6, 6.07) is 8.95. The maximum Gasteiger partial charge on any atom is 0.262 e. The Balaban J connectivity index is 2.42. The van der Waals surface area contributed by atoms with E-state index in [1.807, 2.05) is 13.8 Å². The molecule has 0 saturated heterocycles. The van der Waals surface area contributed by atoms with Crippen molar-refractivity contribution in [3.05, 3.63) is 57.6 Å². The maximum absolute atomic E-state index is 12.7. The van der Waals surface area contributed by atoms with Gasteiger partial charge in [0.2, 0.25) is 0 Å². The van der Waals surface area contributed by atoms with Crippen molar-refractivity contribution in [1.82, 2.24) is 5.32 Å². The Labute approximate surface area is 157 Å². The van der Waals surface area contributed by atoms with Gasteiger partial charge in [-0.3, -0.25) is 9.52 Å². The summed E-state index contributed by atoms with van der Waals surface area (Å²) in [6.45, 7) is 5.40. The smallest absolute Gasteiger partial charge is 0.262 e. The van der Waals surface area contributed by atoms with E-state index < -0.39 is 10.0 Å². The van der Waals surface area contributed by atoms with Crippen molar-refractivity contribution in [2.45, 2.75) is 31.7 Å². The van der Waals surface area contributed by atoms with E-state index in [9.17, 15) is 13.2 Å². The number of sulfonamides is 1. The van der Waals surface area contributed by atoms with Crippen molar-refractivity contribution in [2.24, 2.45) is 0 Å². The zero-order valence-electron chi connectivity index (χ0n) is 13.9. The number of halogens is 2. The summed E-state index contributed by atoms with van der Waals surface area (Å²) in [7, 11) is -3.96. The van der Waals surface area contributed by atoms with Gasteiger partial charge in [-0.1, -0.05) is 35.3 Å². The molecule has 0 aliphatic rings. The van der Waals surface area contributed by atoms with Gasteiger partial charge >= 0.3 is 0 Å². The number of rotatable bonds is 5. The SMILES string of the molecule is Cc1ccc(S(=O)(=O)Nc2c(Cl)cccc2Cl)cc1C(=O)NC(C)C. The molecule has 0 radical (unpaired) electrons. The lowest BCUT2D eigenvalue weighted by molar-refractivity contribution is 0.0942. The Hall–Kier alpha value is -1.76. The van der Waals surface area contributed by atoms with Crippen LogP contribution in [0.5, 0.6) is 0 Å². The van der Waals surface area contributed by atoms with E-state index in [1.54, 1.807) is 19.1 Å². The lowest BCUT2D eigenvalue weighted by atomic mass is 10.1. The second-order valence-electron chi connectivity index (χ2n) is 5.81. The van der Waals surface area contributed by atoms with Crippen molar-refractivity contribution in [1.29, 1.82) is 0 Å². The van der Waals surface area contributed by atoms with Crippen LogP contribution in [0.1, 0.15) is 29.8 Å². The van der Waals surface area contributed by atoms with Crippen LogP contribution in [0.4, 0.5) is 5.69 Å². The normalized spacial score (nSPS) is 11.4. The molecule has 1 amide bonds. The number of hydrogen-bond acceptors (Lipinski definition) is 3. The summed E-state index contributed by atoms with van der Waals surface area (Å²) in [5.41, 5.74) is 1.06. The number of carbonyl (C=O) groups is 1. The molecule has 2 rings (SSSR count). The fourth-order valence-electron chi connectivity index (χ4n) is 2.14. The van der Waals surface area contributed by atoms with Gasteiger partial charge in [0, 0.05) is 11.6 Å². The largest absolute Gasteiger partial charge is 0.350 e. The summed E-state index contributed by atoms with van der Waals surface area (Å²) in [5.74, 6) is -0.333. The van der Waals surface area contributed by atoms with E-state index in [4.69, 9.17) is 23.2 Å². The molecule has 0 aromatic heterocycles. The first-order chi connectivity index (χ1) is 11.6. The molecular formula is C17H18Cl2N2O3S. The summed E-state index contributed by atoms with van der Waals surface area (Å²) >= 11 is 12.0. The second-order valence-corrected chi connectivity index (χ2v) is 8.30. The van der Waals surface area contributed by atoms with E-state index >= 15 is 0 Å². The van der Waals surface area contributed by atoms with E-state index in [0.717, 1.165) is 0 Å². The van der Waals surface area contributed by atoms with Gasteiger partial charge in [0.25, 0.3) is 15.9 Å². The zero-order valence-corrected chi connectivity index (χ0v) is 16.3. The Bertz CT molecular complexity index is 892. The van der Waals surface area contributed by atoms with Gasteiger partial charge in [-0.25, -0.2) is 8.42 Å². The highest BCUT2D eigenvalue weighted by Gasteiger charge is 2.20. The molecule has 2 aromatic rings. The van der Waals surface area contributed by atoms with Crippen molar-refractivity contribution in [2.75, 3.05) is 4.72 Å². The molecule has 0 unspecified atom stereocenters. The maximum atomic E-state index is 12.7. The van der Waals surface area contributed by atoms with Crippen molar-refractivity contribution in [3.63, 3.8) is 0 Å². The third-order valence-electron chi connectivity index (χ3n) is 3.38. The van der Waals surface area contributed by atoms with E-state index in [1.165, 1.54) is 24.3 Å². The molecule has 0 aliphatic heterocycles. The van der Waals surface area contributed by atoms with Crippen LogP contribution in [0.25, 0.3) is 0 Å². The fraction of sp³-hybridized carbons (Fsp3) is 0.235. The number of aryl methyl sites for hydroxylation is 1. The number of benzene rings is 2. The predicted octanol–water partition coefficient (Wildman–Crippen LogP) is 4.24. The Morgan fingerprint density at radius 3 is 2.24 bits per heavy atom. The molecule has 0 saturated carbocycles. The lowest BCUT2D eigenvalue weighted by Gasteiger charge is -2.14. The lowest BCUT2D eigenvalue weighted by Crippen LogP contribution is -2.30. The van der Waals surface area contributed by atoms with E-state index in [0.29, 0.717) is 11.1 Å². The van der Waals surface area contributed by atoms with Crippen molar-refractivity contribution < 1.29 is 13.2 Å². The molecule has 0 spiro atoms. The van der Waals surface area contributed by atoms with Crippen molar-refractivity contribution in [3.8, 4) is 0 Å². The Morgan fingerprint density at radius 1 is 1.08 bits per heavy atom. The number of hydrogen-bond donors (Lipinski definition) is 2. The van der Waals surface area contributed by atoms with Crippen molar-refractivity contribution >= 4 is 44.8 Å². The zero-order chi connectivity index (χ0) is 18.8. The number of para-hydroxylation sites is 1. The standard InChI is InChI=1S/C17H18Cl2N2O3S/c1-10(2)20-17(22)13-9-12(8-7-11(13)3)25(23,24)21-16-14(18)5-4-6-15(16)19/h4-10,21H,1-3H3,(H,20,22). The van der Waals surface area contributed by atoms with Gasteiger partial charge in [-0.2, -0.15) is 0 Å². The molecule has 0 heterocycles. The number of anilines is 1. The Morgan fingerprint density at radius 2 is 1.68 bits per heavy atom. The van der Waals surface area contributed by atoms with E-state index in [-0.39, 0.29) is 32.6 Å². The number of nitrogens with one attached hydrogen (secondary N) is 2. The van der Waals surface area contributed by atoms with Gasteiger partial charge in [-0.05, 0) is 50.6 Å². The van der Waals surface area contributed by atoms with Crippen LogP contribution in [0, 0.1) is 6.92 Å². The molecule has 0 bridgehead atoms. The average Bonchev–Trinajstić information content (AvgIpc) is 2.50. The topological polar surface area (TPSA) is 75.3 Å². The van der Waals surface area contributed by atoms with Gasteiger partial charge in [-0.15, -0.1) is 0 Å². The first kappa shape index (κ1) is 19.6. The molecular weight excluding hydrogens is 383 g/mol. The molecule has 0 aliphatic carbocycles. The number of amides is 1. The first-order valence-electron chi connectivity index (χ1n) is 7.50. The third kappa shape index (κ3) is 4.66. The number of carbonyl (C=O) groups excluding carboxylic acids is 1. The average molecular weight is 401 g/mol. The third-order valence-corrected chi connectivity index (χ3v) is 5.36. The highest BCUT2D eigenvalue weighted by Crippen LogP contribution is 2.32. The Kier molecular flexibility index (Phi) is 5.98. The summed E-state index contributed by atoms with van der Waals surface area (Å²) in [5, 5.41) is 3.11. The van der Waals surface area contributed by atoms with Crippen LogP contribution in [-0.2, 0) is 10.0 Å². The van der Waals surface area contributed by atoms with Gasteiger partial charge in [0.05, 0.1) is 20.6 Å². The van der Waals surface area contributed by atoms with Gasteiger partial charge in [0.15, 0.2) is 0 Å². The fourth-order valence-corrected chi connectivity index (χ4v) is 3.87. The minimum atomic E-state index is -3.96. The minimum absolute atomic E-state index is 0.0528. The van der Waals surface area contributed by atoms with Crippen LogP contribution < -0.4 is 10.0 Å². The molecule has 134 valence electrons. The van der Waals surface area contributed by atoms with Gasteiger partial charge < -0.3 is 5.32 Å². The quantitative estimate of drug-likeness (QED) is 0.787. The predicted molar refractivity (Wildman–Crippen MR) is 101 cm³/mol. The molecule has 2 N–H and O–H groups in total. The van der Waals surface area contributed by atoms with Crippen LogP contribution in [-0.4, -0.2) is 20.4 Å². The molecule has 0 atom stereocenters. The van der Waals surface area contributed by atoms with Gasteiger partial charge in [0.1, 0.15) is 0 Å². The van der Waals surface area contributed by atoms with Crippen LogP contribution in [0.15, 0.2) is 41.3 Å². The first-order valence-corrected chi connectivity index (χ1v) is 9.74. The molecule has 25 heavy (non-hydrogen) atoms. The highest BCUT2D eigenvalue weighted by molar-refractivity contribution is 7.92. The molecule has 0 fully saturated rings. The van der Waals surface area contributed by atoms with Crippen LogP contribution in [0.3, 0.4) is 0 Å². The second kappa shape index (κ2) is 7.64.